The summed E-state index contributed by atoms with van der Waals surface area (Å²) < 4.78 is 37.0. The molecule has 0 radical (unpaired) electrons. The molecule has 132 valence electrons. The van der Waals surface area contributed by atoms with Crippen LogP contribution in [-0.4, -0.2) is 27.0 Å². The molecule has 25 heavy (non-hydrogen) atoms. The zero-order valence-corrected chi connectivity index (χ0v) is 13.6. The molecule has 9 heteroatoms. The van der Waals surface area contributed by atoms with Crippen LogP contribution in [0, 0.1) is 12.8 Å². The Morgan fingerprint density at radius 1 is 1.24 bits per heavy atom. The molecule has 1 heterocycles. The molecule has 1 aliphatic carbocycles. The van der Waals surface area contributed by atoms with Crippen molar-refractivity contribution in [3.05, 3.63) is 41.2 Å². The van der Waals surface area contributed by atoms with Gasteiger partial charge < -0.3 is 5.32 Å². The SMILES string of the molecule is Cc1ccc2c(c1)[C@H](Nc1ncnc(NC(=O)C(F)(F)F)n1)[C@@H](C)C2. The minimum Gasteiger partial charge on any atom is -0.347 e. The van der Waals surface area contributed by atoms with Crippen LogP contribution >= 0.6 is 0 Å². The Morgan fingerprint density at radius 2 is 1.96 bits per heavy atom. The van der Waals surface area contributed by atoms with Crippen LogP contribution in [0.1, 0.15) is 29.7 Å². The number of carbonyl (C=O) groups excluding carboxylic acids is 1. The van der Waals surface area contributed by atoms with E-state index in [4.69, 9.17) is 0 Å². The number of nitrogens with one attached hydrogen (secondary N) is 2. The van der Waals surface area contributed by atoms with E-state index in [9.17, 15) is 18.0 Å². The quantitative estimate of drug-likeness (QED) is 0.889. The number of alkyl halides is 3. The van der Waals surface area contributed by atoms with Crippen LogP contribution in [0.25, 0.3) is 0 Å². The number of aryl methyl sites for hydroxylation is 1. The summed E-state index contributed by atoms with van der Waals surface area (Å²) in [6, 6.07) is 6.13. The number of aromatic nitrogens is 3. The highest BCUT2D eigenvalue weighted by Crippen LogP contribution is 2.38. The second kappa shape index (κ2) is 6.30. The number of fused-ring (bicyclic) bond motifs is 1. The lowest BCUT2D eigenvalue weighted by atomic mass is 10.0. The molecule has 1 aromatic carbocycles. The van der Waals surface area contributed by atoms with Crippen molar-refractivity contribution in [2.24, 2.45) is 5.92 Å². The molecule has 0 aliphatic heterocycles. The zero-order chi connectivity index (χ0) is 18.2. The van der Waals surface area contributed by atoms with Gasteiger partial charge in [-0.3, -0.25) is 10.1 Å². The third-order valence-electron chi connectivity index (χ3n) is 4.09. The van der Waals surface area contributed by atoms with Crippen molar-refractivity contribution in [2.75, 3.05) is 10.6 Å². The van der Waals surface area contributed by atoms with E-state index in [0.717, 1.165) is 23.9 Å². The Hall–Kier alpha value is -2.71. The van der Waals surface area contributed by atoms with Gasteiger partial charge in [-0.1, -0.05) is 30.7 Å². The summed E-state index contributed by atoms with van der Waals surface area (Å²) >= 11 is 0. The lowest BCUT2D eigenvalue weighted by Crippen LogP contribution is -2.31. The van der Waals surface area contributed by atoms with Crippen molar-refractivity contribution >= 4 is 17.8 Å². The molecule has 6 nitrogen and oxygen atoms in total. The topological polar surface area (TPSA) is 79.8 Å². The molecule has 0 unspecified atom stereocenters. The Kier molecular flexibility index (Phi) is 4.32. The molecule has 2 N–H and O–H groups in total. The van der Waals surface area contributed by atoms with Gasteiger partial charge in [0.15, 0.2) is 0 Å². The van der Waals surface area contributed by atoms with Crippen molar-refractivity contribution in [1.29, 1.82) is 0 Å². The molecule has 0 spiro atoms. The molecule has 1 aromatic heterocycles. The fourth-order valence-corrected chi connectivity index (χ4v) is 2.92. The molecule has 3 rings (SSSR count). The van der Waals surface area contributed by atoms with E-state index < -0.39 is 18.0 Å². The molecular formula is C16H16F3N5O. The molecule has 1 aliphatic rings. The van der Waals surface area contributed by atoms with Gasteiger partial charge in [0.25, 0.3) is 0 Å². The first-order chi connectivity index (χ1) is 11.7. The maximum Gasteiger partial charge on any atom is 0.471 e. The summed E-state index contributed by atoms with van der Waals surface area (Å²) in [5.74, 6) is -2.20. The Labute approximate surface area is 141 Å². The van der Waals surface area contributed by atoms with Gasteiger partial charge >= 0.3 is 12.1 Å². The van der Waals surface area contributed by atoms with Crippen LogP contribution in [-0.2, 0) is 11.2 Å². The Morgan fingerprint density at radius 3 is 2.68 bits per heavy atom. The number of carbonyl (C=O) groups is 1. The van der Waals surface area contributed by atoms with Crippen molar-refractivity contribution < 1.29 is 18.0 Å². The van der Waals surface area contributed by atoms with Crippen LogP contribution in [0.15, 0.2) is 24.5 Å². The highest BCUT2D eigenvalue weighted by Gasteiger charge is 2.39. The number of amides is 1. The Balaban J connectivity index is 1.79. The normalized spacial score (nSPS) is 19.4. The predicted molar refractivity (Wildman–Crippen MR) is 84.9 cm³/mol. The molecular weight excluding hydrogens is 335 g/mol. The van der Waals surface area contributed by atoms with E-state index in [2.05, 4.69) is 39.3 Å². The monoisotopic (exact) mass is 351 g/mol. The van der Waals surface area contributed by atoms with Crippen LogP contribution < -0.4 is 10.6 Å². The summed E-state index contributed by atoms with van der Waals surface area (Å²) in [4.78, 5) is 22.3. The third kappa shape index (κ3) is 3.70. The van der Waals surface area contributed by atoms with Gasteiger partial charge in [-0.05, 0) is 30.4 Å². The second-order valence-corrected chi connectivity index (χ2v) is 6.09. The predicted octanol–water partition coefficient (Wildman–Crippen LogP) is 3.03. The average molecular weight is 351 g/mol. The molecule has 2 atom stereocenters. The molecule has 2 aromatic rings. The van der Waals surface area contributed by atoms with E-state index in [1.165, 1.54) is 5.56 Å². The number of benzene rings is 1. The van der Waals surface area contributed by atoms with Crippen LogP contribution in [0.3, 0.4) is 0 Å². The Bertz CT molecular complexity index is 809. The first-order valence-electron chi connectivity index (χ1n) is 7.67. The summed E-state index contributed by atoms with van der Waals surface area (Å²) in [6.45, 7) is 4.06. The number of rotatable bonds is 3. The third-order valence-corrected chi connectivity index (χ3v) is 4.09. The zero-order valence-electron chi connectivity index (χ0n) is 13.6. The van der Waals surface area contributed by atoms with E-state index >= 15 is 0 Å². The van der Waals surface area contributed by atoms with Gasteiger partial charge in [-0.25, -0.2) is 9.97 Å². The minimum absolute atomic E-state index is 0.0662. The smallest absolute Gasteiger partial charge is 0.347 e. The molecule has 0 saturated heterocycles. The fourth-order valence-electron chi connectivity index (χ4n) is 2.92. The summed E-state index contributed by atoms with van der Waals surface area (Å²) in [5.41, 5.74) is 3.46. The van der Waals surface area contributed by atoms with Gasteiger partial charge in [0.1, 0.15) is 6.33 Å². The van der Waals surface area contributed by atoms with E-state index in [0.29, 0.717) is 0 Å². The standard InChI is InChI=1S/C16H16F3N5O/c1-8-3-4-10-6-9(2)12(11(10)5-8)22-14-20-7-21-15(24-14)23-13(25)16(17,18)19/h3-5,7,9,12H,6H2,1-2H3,(H2,20,21,22,23,24,25)/t9-,12+/m0/s1. The van der Waals surface area contributed by atoms with Crippen LogP contribution in [0.4, 0.5) is 25.1 Å². The first-order valence-corrected chi connectivity index (χ1v) is 7.67. The fraction of sp³-hybridized carbons (Fsp3) is 0.375. The van der Waals surface area contributed by atoms with Gasteiger partial charge in [0.2, 0.25) is 11.9 Å². The highest BCUT2D eigenvalue weighted by atomic mass is 19.4. The summed E-state index contributed by atoms with van der Waals surface area (Å²) in [7, 11) is 0. The van der Waals surface area contributed by atoms with Crippen molar-refractivity contribution in [2.45, 2.75) is 32.5 Å². The lowest BCUT2D eigenvalue weighted by molar-refractivity contribution is -0.167. The number of halogens is 3. The number of hydrogen-bond acceptors (Lipinski definition) is 5. The lowest BCUT2D eigenvalue weighted by Gasteiger charge is -2.19. The van der Waals surface area contributed by atoms with Crippen molar-refractivity contribution in [3.63, 3.8) is 0 Å². The second-order valence-electron chi connectivity index (χ2n) is 6.09. The maximum atomic E-state index is 12.3. The highest BCUT2D eigenvalue weighted by molar-refractivity contribution is 5.93. The van der Waals surface area contributed by atoms with E-state index in [1.807, 2.05) is 13.0 Å². The van der Waals surface area contributed by atoms with Crippen molar-refractivity contribution in [1.82, 2.24) is 15.0 Å². The number of nitrogens with zero attached hydrogens (tertiary/aromatic N) is 3. The van der Waals surface area contributed by atoms with Crippen LogP contribution in [0.5, 0.6) is 0 Å². The van der Waals surface area contributed by atoms with Gasteiger partial charge in [0, 0.05) is 0 Å². The number of hydrogen-bond donors (Lipinski definition) is 2. The molecule has 0 bridgehead atoms. The number of anilines is 2. The van der Waals surface area contributed by atoms with Gasteiger partial charge in [-0.2, -0.15) is 18.2 Å². The van der Waals surface area contributed by atoms with E-state index in [-0.39, 0.29) is 17.9 Å². The minimum atomic E-state index is -5.00. The largest absolute Gasteiger partial charge is 0.471 e. The van der Waals surface area contributed by atoms with Gasteiger partial charge in [-0.15, -0.1) is 0 Å². The van der Waals surface area contributed by atoms with Crippen LogP contribution in [0.2, 0.25) is 0 Å². The maximum absolute atomic E-state index is 12.3. The molecule has 1 amide bonds. The van der Waals surface area contributed by atoms with Gasteiger partial charge in [0.05, 0.1) is 6.04 Å². The van der Waals surface area contributed by atoms with Crippen molar-refractivity contribution in [3.8, 4) is 0 Å². The first kappa shape index (κ1) is 17.1. The average Bonchev–Trinajstić information content (AvgIpc) is 2.82. The molecule has 0 saturated carbocycles. The van der Waals surface area contributed by atoms with E-state index in [1.54, 1.807) is 5.32 Å². The summed E-state index contributed by atoms with van der Waals surface area (Å²) in [6.07, 6.45) is -3.06. The summed E-state index contributed by atoms with van der Waals surface area (Å²) in [5, 5.41) is 4.75. The molecule has 0 fully saturated rings.